The minimum Gasteiger partial charge on any atom is -0.507 e. The van der Waals surface area contributed by atoms with E-state index in [0.29, 0.717) is 46.5 Å². The summed E-state index contributed by atoms with van der Waals surface area (Å²) in [4.78, 5) is 19.6. The second kappa shape index (κ2) is 10.7. The van der Waals surface area contributed by atoms with Gasteiger partial charge in [0.1, 0.15) is 11.6 Å². The van der Waals surface area contributed by atoms with Crippen LogP contribution in [0.1, 0.15) is 18.4 Å². The summed E-state index contributed by atoms with van der Waals surface area (Å²) in [5.41, 5.74) is 2.80. The number of piperidine rings is 1. The number of nitrogens with zero attached hydrogens (tertiary/aromatic N) is 4. The van der Waals surface area contributed by atoms with Crippen molar-refractivity contribution in [3.8, 4) is 17.0 Å². The van der Waals surface area contributed by atoms with Crippen LogP contribution in [0.5, 0.6) is 5.75 Å². The molecule has 0 radical (unpaired) electrons. The molecule has 36 heavy (non-hydrogen) atoms. The molecule has 1 aliphatic rings. The zero-order chi connectivity index (χ0) is 25.2. The first kappa shape index (κ1) is 24.9. The van der Waals surface area contributed by atoms with Gasteiger partial charge in [0.15, 0.2) is 5.65 Å². The second-order valence-electron chi connectivity index (χ2n) is 8.93. The summed E-state index contributed by atoms with van der Waals surface area (Å²) < 4.78 is 2.50. The number of likely N-dealkylation sites (tertiary alicyclic amines) is 1. The summed E-state index contributed by atoms with van der Waals surface area (Å²) in [5, 5.41) is 19.2. The molecule has 1 amide bonds. The second-order valence-corrected chi connectivity index (χ2v) is 10.6. The third-order valence-electron chi connectivity index (χ3n) is 6.39. The van der Waals surface area contributed by atoms with Crippen molar-refractivity contribution >= 4 is 56.5 Å². The number of anilines is 1. The maximum absolute atomic E-state index is 13.0. The number of amides is 1. The third-order valence-corrected chi connectivity index (χ3v) is 7.69. The molecule has 0 aliphatic carbocycles. The molecule has 10 heteroatoms. The third kappa shape index (κ3) is 5.31. The smallest absolute Gasteiger partial charge is 0.227 e. The van der Waals surface area contributed by atoms with Gasteiger partial charge >= 0.3 is 0 Å². The Hall–Kier alpha value is -2.81. The number of para-hydroxylation sites is 1. The summed E-state index contributed by atoms with van der Waals surface area (Å²) in [6.45, 7) is 2.10. The van der Waals surface area contributed by atoms with E-state index in [-0.39, 0.29) is 17.6 Å². The number of fused-ring (bicyclic) bond motifs is 1. The van der Waals surface area contributed by atoms with Gasteiger partial charge in [-0.05, 0) is 64.5 Å². The van der Waals surface area contributed by atoms with Crippen LogP contribution in [0, 0.1) is 5.92 Å². The number of aromatic hydroxyl groups is 1. The van der Waals surface area contributed by atoms with E-state index in [1.165, 1.54) is 0 Å². The van der Waals surface area contributed by atoms with E-state index in [0.717, 1.165) is 35.2 Å². The monoisotopic (exact) mass is 587 g/mol. The number of hydrogen-bond donors (Lipinski definition) is 2. The van der Waals surface area contributed by atoms with Gasteiger partial charge in [0.05, 0.1) is 32.8 Å². The van der Waals surface area contributed by atoms with Gasteiger partial charge in [0, 0.05) is 31.3 Å². The van der Waals surface area contributed by atoms with Crippen LogP contribution in [0.4, 0.5) is 5.82 Å². The van der Waals surface area contributed by atoms with Gasteiger partial charge < -0.3 is 15.3 Å². The largest absolute Gasteiger partial charge is 0.507 e. The van der Waals surface area contributed by atoms with Crippen molar-refractivity contribution in [1.29, 1.82) is 0 Å². The Morgan fingerprint density at radius 3 is 2.81 bits per heavy atom. The number of phenolic OH excluding ortho intramolecular Hbond substituents is 1. The Morgan fingerprint density at radius 2 is 2.00 bits per heavy atom. The van der Waals surface area contributed by atoms with Gasteiger partial charge in [-0.25, -0.2) is 4.98 Å². The highest BCUT2D eigenvalue weighted by atomic mass is 79.9. The van der Waals surface area contributed by atoms with E-state index in [1.807, 2.05) is 29.2 Å². The number of carbonyl (C=O) groups excluding carboxylic acids is 1. The molecule has 2 aromatic heterocycles. The number of halogens is 3. The lowest BCUT2D eigenvalue weighted by molar-refractivity contribution is -0.132. The van der Waals surface area contributed by atoms with E-state index in [2.05, 4.69) is 26.3 Å². The zero-order valence-electron chi connectivity index (χ0n) is 19.3. The molecule has 0 spiro atoms. The van der Waals surface area contributed by atoms with Crippen LogP contribution in [0.25, 0.3) is 16.9 Å². The van der Waals surface area contributed by atoms with Crippen LogP contribution >= 0.6 is 39.1 Å². The van der Waals surface area contributed by atoms with E-state index in [1.54, 1.807) is 35.0 Å². The van der Waals surface area contributed by atoms with Crippen molar-refractivity contribution in [2.75, 3.05) is 25.0 Å². The summed E-state index contributed by atoms with van der Waals surface area (Å²) in [6.07, 6.45) is 3.97. The minimum absolute atomic E-state index is 0.0854. The molecular weight excluding hydrogens is 565 g/mol. The highest BCUT2D eigenvalue weighted by molar-refractivity contribution is 9.10. The number of aromatic nitrogens is 3. The maximum atomic E-state index is 13.0. The molecule has 2 N–H and O–H groups in total. The normalized spacial score (nSPS) is 15.9. The summed E-state index contributed by atoms with van der Waals surface area (Å²) in [7, 11) is 0. The molecule has 5 rings (SSSR count). The van der Waals surface area contributed by atoms with Crippen LogP contribution in [0.3, 0.4) is 0 Å². The highest BCUT2D eigenvalue weighted by Crippen LogP contribution is 2.31. The van der Waals surface area contributed by atoms with Crippen LogP contribution < -0.4 is 5.32 Å². The molecule has 186 valence electrons. The average Bonchev–Trinajstić information content (AvgIpc) is 3.26. The number of carbonyl (C=O) groups is 1. The molecule has 7 nitrogen and oxygen atoms in total. The molecular formula is C26H24BrCl2N5O2. The molecule has 3 heterocycles. The lowest BCUT2D eigenvalue weighted by atomic mass is 9.97. The van der Waals surface area contributed by atoms with Crippen molar-refractivity contribution < 1.29 is 9.90 Å². The van der Waals surface area contributed by atoms with Gasteiger partial charge in [-0.15, -0.1) is 0 Å². The Kier molecular flexibility index (Phi) is 7.37. The summed E-state index contributed by atoms with van der Waals surface area (Å²) >= 11 is 15.6. The first-order chi connectivity index (χ1) is 17.4. The zero-order valence-corrected chi connectivity index (χ0v) is 22.4. The molecule has 1 aliphatic heterocycles. The Bertz CT molecular complexity index is 1430. The standard InChI is InChI=1S/C26H24BrCl2N5O2/c27-19-14-31-34-24(12-22(32-26(19)34)18-5-1-2-6-23(18)35)30-13-17-4-3-9-33(15-17)25(36)11-16-7-8-20(28)21(29)10-16/h1-2,5-8,10,12,14,17,30,35H,3-4,9,11,13,15H2. The topological polar surface area (TPSA) is 82.8 Å². The van der Waals surface area contributed by atoms with Crippen molar-refractivity contribution in [1.82, 2.24) is 19.5 Å². The predicted molar refractivity (Wildman–Crippen MR) is 146 cm³/mol. The van der Waals surface area contributed by atoms with Crippen molar-refractivity contribution in [2.45, 2.75) is 19.3 Å². The van der Waals surface area contributed by atoms with Gasteiger partial charge in [0.25, 0.3) is 0 Å². The highest BCUT2D eigenvalue weighted by Gasteiger charge is 2.24. The van der Waals surface area contributed by atoms with E-state index >= 15 is 0 Å². The lowest BCUT2D eigenvalue weighted by Gasteiger charge is -2.33. The molecule has 0 saturated carbocycles. The SMILES string of the molecule is O=C(Cc1ccc(Cl)c(Cl)c1)N1CCCC(CNc2cc(-c3ccccc3O)nc3c(Br)cnn23)C1. The van der Waals surface area contributed by atoms with Crippen LogP contribution in [-0.4, -0.2) is 50.1 Å². The molecule has 0 bridgehead atoms. The van der Waals surface area contributed by atoms with E-state index in [4.69, 9.17) is 28.2 Å². The lowest BCUT2D eigenvalue weighted by Crippen LogP contribution is -2.42. The molecule has 1 fully saturated rings. The van der Waals surface area contributed by atoms with Crippen molar-refractivity contribution in [2.24, 2.45) is 5.92 Å². The van der Waals surface area contributed by atoms with Crippen LogP contribution in [0.2, 0.25) is 10.0 Å². The van der Waals surface area contributed by atoms with Crippen LogP contribution in [-0.2, 0) is 11.2 Å². The Balaban J connectivity index is 1.30. The van der Waals surface area contributed by atoms with Gasteiger partial charge in [-0.2, -0.15) is 9.61 Å². The van der Waals surface area contributed by atoms with Crippen LogP contribution in [0.15, 0.2) is 59.2 Å². The summed E-state index contributed by atoms with van der Waals surface area (Å²) in [6, 6.07) is 14.3. The van der Waals surface area contributed by atoms with Gasteiger partial charge in [-0.1, -0.05) is 41.4 Å². The molecule has 2 aromatic carbocycles. The quantitative estimate of drug-likeness (QED) is 0.286. The Morgan fingerprint density at radius 1 is 1.17 bits per heavy atom. The number of nitrogens with one attached hydrogen (secondary N) is 1. The fourth-order valence-corrected chi connectivity index (χ4v) is 5.20. The average molecular weight is 589 g/mol. The Labute approximate surface area is 227 Å². The maximum Gasteiger partial charge on any atom is 0.227 e. The van der Waals surface area contributed by atoms with Gasteiger partial charge in [-0.3, -0.25) is 4.79 Å². The van der Waals surface area contributed by atoms with Crippen molar-refractivity contribution in [3.63, 3.8) is 0 Å². The number of benzene rings is 2. The molecule has 1 saturated heterocycles. The fraction of sp³-hybridized carbons (Fsp3) is 0.269. The number of rotatable bonds is 6. The number of hydrogen-bond acceptors (Lipinski definition) is 5. The minimum atomic E-state index is 0.0854. The predicted octanol–water partition coefficient (Wildman–Crippen LogP) is 6.06. The van der Waals surface area contributed by atoms with E-state index < -0.39 is 0 Å². The first-order valence-corrected chi connectivity index (χ1v) is 13.2. The van der Waals surface area contributed by atoms with Gasteiger partial charge in [0.2, 0.25) is 5.91 Å². The molecule has 1 unspecified atom stereocenters. The first-order valence-electron chi connectivity index (χ1n) is 11.7. The number of phenols is 1. The fourth-order valence-electron chi connectivity index (χ4n) is 4.53. The molecule has 1 atom stereocenters. The van der Waals surface area contributed by atoms with Crippen molar-refractivity contribution in [3.05, 3.63) is 74.8 Å². The summed E-state index contributed by atoms with van der Waals surface area (Å²) in [5.74, 6) is 1.30. The van der Waals surface area contributed by atoms with E-state index in [9.17, 15) is 9.90 Å². The molecule has 4 aromatic rings.